The SMILES string of the molecule is Cc1cc(CNS(=O)(=O)c2ccc(F)cc2)c(C)o1. The molecule has 6 heteroatoms. The molecule has 0 bridgehead atoms. The fraction of sp³-hybridized carbons (Fsp3) is 0.231. The zero-order chi connectivity index (χ0) is 14.0. The first-order valence-corrected chi connectivity index (χ1v) is 7.18. The Kier molecular flexibility index (Phi) is 3.73. The number of rotatable bonds is 4. The van der Waals surface area contributed by atoms with Gasteiger partial charge in [0.15, 0.2) is 0 Å². The van der Waals surface area contributed by atoms with Crippen molar-refractivity contribution in [2.24, 2.45) is 0 Å². The second-order valence-corrected chi connectivity index (χ2v) is 5.98. The van der Waals surface area contributed by atoms with E-state index in [2.05, 4.69) is 4.72 Å². The number of aryl methyl sites for hydroxylation is 2. The molecule has 0 spiro atoms. The van der Waals surface area contributed by atoms with Gasteiger partial charge in [0.25, 0.3) is 0 Å². The van der Waals surface area contributed by atoms with E-state index in [9.17, 15) is 12.8 Å². The topological polar surface area (TPSA) is 59.3 Å². The first kappa shape index (κ1) is 13.8. The molecule has 0 radical (unpaired) electrons. The maximum atomic E-state index is 12.8. The minimum Gasteiger partial charge on any atom is -0.466 e. The van der Waals surface area contributed by atoms with Gasteiger partial charge in [-0.2, -0.15) is 0 Å². The third kappa shape index (κ3) is 3.21. The number of sulfonamides is 1. The summed E-state index contributed by atoms with van der Waals surface area (Å²) in [6, 6.07) is 6.46. The molecule has 2 aromatic rings. The summed E-state index contributed by atoms with van der Waals surface area (Å²) in [5, 5.41) is 0. The second-order valence-electron chi connectivity index (χ2n) is 4.22. The maximum Gasteiger partial charge on any atom is 0.240 e. The molecule has 1 N–H and O–H groups in total. The molecule has 0 aliphatic rings. The van der Waals surface area contributed by atoms with E-state index in [0.29, 0.717) is 5.76 Å². The summed E-state index contributed by atoms with van der Waals surface area (Å²) in [4.78, 5) is 0.0340. The van der Waals surface area contributed by atoms with Crippen LogP contribution >= 0.6 is 0 Å². The van der Waals surface area contributed by atoms with Crippen LogP contribution in [0.15, 0.2) is 39.6 Å². The second kappa shape index (κ2) is 5.14. The fourth-order valence-electron chi connectivity index (χ4n) is 1.73. The van der Waals surface area contributed by atoms with E-state index in [1.807, 2.05) is 0 Å². The highest BCUT2D eigenvalue weighted by atomic mass is 32.2. The van der Waals surface area contributed by atoms with E-state index >= 15 is 0 Å². The summed E-state index contributed by atoms with van der Waals surface area (Å²) < 4.78 is 44.5. The van der Waals surface area contributed by atoms with Crippen molar-refractivity contribution in [1.82, 2.24) is 4.72 Å². The summed E-state index contributed by atoms with van der Waals surface area (Å²) in [6.07, 6.45) is 0. The van der Waals surface area contributed by atoms with Crippen LogP contribution in [0.4, 0.5) is 4.39 Å². The van der Waals surface area contributed by atoms with Crippen molar-refractivity contribution >= 4 is 10.0 Å². The molecule has 1 heterocycles. The molecule has 0 aliphatic heterocycles. The van der Waals surface area contributed by atoms with Crippen LogP contribution in [-0.4, -0.2) is 8.42 Å². The molecule has 0 saturated heterocycles. The number of halogens is 1. The average Bonchev–Trinajstić information content (AvgIpc) is 2.66. The molecule has 19 heavy (non-hydrogen) atoms. The summed E-state index contributed by atoms with van der Waals surface area (Å²) in [7, 11) is -3.64. The lowest BCUT2D eigenvalue weighted by atomic mass is 10.2. The van der Waals surface area contributed by atoms with Crippen LogP contribution < -0.4 is 4.72 Å². The van der Waals surface area contributed by atoms with E-state index in [-0.39, 0.29) is 11.4 Å². The Hall–Kier alpha value is -1.66. The minimum absolute atomic E-state index is 0.0340. The highest BCUT2D eigenvalue weighted by Gasteiger charge is 2.15. The van der Waals surface area contributed by atoms with E-state index in [0.717, 1.165) is 23.5 Å². The third-order valence-corrected chi connectivity index (χ3v) is 4.14. The van der Waals surface area contributed by atoms with Crippen molar-refractivity contribution in [2.75, 3.05) is 0 Å². The normalized spacial score (nSPS) is 11.7. The summed E-state index contributed by atoms with van der Waals surface area (Å²) in [5.41, 5.74) is 0.781. The molecule has 1 aromatic heterocycles. The molecule has 0 aliphatic carbocycles. The first-order valence-electron chi connectivity index (χ1n) is 5.69. The summed E-state index contributed by atoms with van der Waals surface area (Å²) in [5.74, 6) is 0.938. The quantitative estimate of drug-likeness (QED) is 0.938. The Morgan fingerprint density at radius 2 is 1.84 bits per heavy atom. The van der Waals surface area contributed by atoms with Crippen LogP contribution in [0.3, 0.4) is 0 Å². The first-order chi connectivity index (χ1) is 8.88. The van der Waals surface area contributed by atoms with Gasteiger partial charge in [-0.05, 0) is 44.2 Å². The molecule has 4 nitrogen and oxygen atoms in total. The highest BCUT2D eigenvalue weighted by molar-refractivity contribution is 7.89. The van der Waals surface area contributed by atoms with Crippen molar-refractivity contribution in [3.63, 3.8) is 0 Å². The van der Waals surface area contributed by atoms with Crippen molar-refractivity contribution in [3.8, 4) is 0 Å². The molecule has 102 valence electrons. The van der Waals surface area contributed by atoms with Crippen LogP contribution in [0.5, 0.6) is 0 Å². The minimum atomic E-state index is -3.64. The van der Waals surface area contributed by atoms with Gasteiger partial charge >= 0.3 is 0 Å². The number of furan rings is 1. The van der Waals surface area contributed by atoms with Crippen molar-refractivity contribution in [2.45, 2.75) is 25.3 Å². The van der Waals surface area contributed by atoms with Gasteiger partial charge in [0.2, 0.25) is 10.0 Å². The molecule has 0 atom stereocenters. The molecule has 0 fully saturated rings. The average molecular weight is 283 g/mol. The molecular formula is C13H14FNO3S. The standard InChI is InChI=1S/C13H14FNO3S/c1-9-7-11(10(2)18-9)8-15-19(16,17)13-5-3-12(14)4-6-13/h3-7,15H,8H2,1-2H3. The number of hydrogen-bond acceptors (Lipinski definition) is 3. The van der Waals surface area contributed by atoms with Gasteiger partial charge in [-0.3, -0.25) is 0 Å². The third-order valence-electron chi connectivity index (χ3n) is 2.72. The largest absolute Gasteiger partial charge is 0.466 e. The molecule has 2 rings (SSSR count). The van der Waals surface area contributed by atoms with E-state index in [1.165, 1.54) is 12.1 Å². The number of benzene rings is 1. The van der Waals surface area contributed by atoms with Gasteiger partial charge in [-0.15, -0.1) is 0 Å². The maximum absolute atomic E-state index is 12.8. The summed E-state index contributed by atoms with van der Waals surface area (Å²) >= 11 is 0. The van der Waals surface area contributed by atoms with Gasteiger partial charge in [-0.25, -0.2) is 17.5 Å². The van der Waals surface area contributed by atoms with Gasteiger partial charge in [0.05, 0.1) is 4.90 Å². The van der Waals surface area contributed by atoms with E-state index in [1.54, 1.807) is 19.9 Å². The predicted molar refractivity (Wildman–Crippen MR) is 68.6 cm³/mol. The van der Waals surface area contributed by atoms with Crippen molar-refractivity contribution in [3.05, 3.63) is 53.2 Å². The molecule has 0 unspecified atom stereocenters. The van der Waals surface area contributed by atoms with E-state index < -0.39 is 15.8 Å². The Labute approximate surface area is 111 Å². The van der Waals surface area contributed by atoms with Gasteiger partial charge in [0.1, 0.15) is 17.3 Å². The molecule has 0 saturated carbocycles. The Morgan fingerprint density at radius 3 is 2.37 bits per heavy atom. The lowest BCUT2D eigenvalue weighted by molar-refractivity contribution is 0.500. The Morgan fingerprint density at radius 1 is 1.21 bits per heavy atom. The van der Waals surface area contributed by atoms with Gasteiger partial charge in [-0.1, -0.05) is 0 Å². The van der Waals surface area contributed by atoms with E-state index in [4.69, 9.17) is 4.42 Å². The van der Waals surface area contributed by atoms with Crippen LogP contribution in [-0.2, 0) is 16.6 Å². The van der Waals surface area contributed by atoms with Crippen molar-refractivity contribution < 1.29 is 17.2 Å². The van der Waals surface area contributed by atoms with Crippen LogP contribution in [0.2, 0.25) is 0 Å². The van der Waals surface area contributed by atoms with Crippen LogP contribution in [0.1, 0.15) is 17.1 Å². The molecule has 1 aromatic carbocycles. The Bertz CT molecular complexity index is 674. The zero-order valence-electron chi connectivity index (χ0n) is 10.6. The zero-order valence-corrected chi connectivity index (χ0v) is 11.4. The number of nitrogens with one attached hydrogen (secondary N) is 1. The van der Waals surface area contributed by atoms with Crippen LogP contribution in [0.25, 0.3) is 0 Å². The van der Waals surface area contributed by atoms with Gasteiger partial charge in [0, 0.05) is 12.1 Å². The monoisotopic (exact) mass is 283 g/mol. The lowest BCUT2D eigenvalue weighted by Gasteiger charge is -2.06. The highest BCUT2D eigenvalue weighted by Crippen LogP contribution is 2.15. The van der Waals surface area contributed by atoms with Crippen molar-refractivity contribution in [1.29, 1.82) is 0 Å². The van der Waals surface area contributed by atoms with Gasteiger partial charge < -0.3 is 4.42 Å². The predicted octanol–water partition coefficient (Wildman–Crippen LogP) is 2.51. The Balaban J connectivity index is 2.14. The smallest absolute Gasteiger partial charge is 0.240 e. The number of hydrogen-bond donors (Lipinski definition) is 1. The molecular weight excluding hydrogens is 269 g/mol. The summed E-state index contributed by atoms with van der Waals surface area (Å²) in [6.45, 7) is 3.71. The van der Waals surface area contributed by atoms with Crippen LogP contribution in [0, 0.1) is 19.7 Å². The lowest BCUT2D eigenvalue weighted by Crippen LogP contribution is -2.23. The molecule has 0 amide bonds. The fourth-order valence-corrected chi connectivity index (χ4v) is 2.74.